The number of carboxylic acid groups (broad SMARTS) is 1. The van der Waals surface area contributed by atoms with Crippen LogP contribution in [0.4, 0.5) is 0 Å². The molecule has 1 aliphatic rings. The van der Waals surface area contributed by atoms with Gasteiger partial charge >= 0.3 is 5.97 Å². The summed E-state index contributed by atoms with van der Waals surface area (Å²) >= 11 is 0. The highest BCUT2D eigenvalue weighted by Crippen LogP contribution is 2.32. The van der Waals surface area contributed by atoms with Gasteiger partial charge in [0.05, 0.1) is 18.3 Å². The van der Waals surface area contributed by atoms with E-state index >= 15 is 0 Å². The summed E-state index contributed by atoms with van der Waals surface area (Å²) in [5.74, 6) is -0.625. The Kier molecular flexibility index (Phi) is 3.85. The summed E-state index contributed by atoms with van der Waals surface area (Å²) in [5, 5.41) is 9.41. The van der Waals surface area contributed by atoms with Crippen LogP contribution in [0.2, 0.25) is 0 Å². The molecule has 0 saturated carbocycles. The van der Waals surface area contributed by atoms with Crippen LogP contribution in [0.25, 0.3) is 0 Å². The van der Waals surface area contributed by atoms with Crippen LogP contribution in [0, 0.1) is 0 Å². The van der Waals surface area contributed by atoms with E-state index in [2.05, 4.69) is 0 Å². The maximum absolute atomic E-state index is 12.4. The fourth-order valence-electron chi connectivity index (χ4n) is 2.39. The quantitative estimate of drug-likeness (QED) is 0.906. The highest BCUT2D eigenvalue weighted by Gasteiger charge is 2.38. The summed E-state index contributed by atoms with van der Waals surface area (Å²) in [5.41, 5.74) is -0.0519. The molecule has 0 aliphatic carbocycles. The number of hydrogen-bond acceptors (Lipinski definition) is 4. The minimum absolute atomic E-state index is 0.139. The molecule has 0 radical (unpaired) electrons. The molecule has 1 atom stereocenters. The standard InChI is InChI=1S/C14H19NO5/c1-14(2,19-3)8-11(16)15-6-4-10-9(5-7-20-10)12(15)13(17)18/h5,7,12H,4,6,8H2,1-3H3,(H,17,18). The SMILES string of the molecule is COC(C)(C)CC(=O)N1CCc2occc2C1C(=O)O. The zero-order valence-electron chi connectivity index (χ0n) is 11.9. The number of furan rings is 1. The summed E-state index contributed by atoms with van der Waals surface area (Å²) in [6.07, 6.45) is 2.14. The van der Waals surface area contributed by atoms with E-state index in [1.807, 2.05) is 0 Å². The molecule has 0 bridgehead atoms. The average Bonchev–Trinajstić information content (AvgIpc) is 2.84. The van der Waals surface area contributed by atoms with Gasteiger partial charge in [-0.3, -0.25) is 4.79 Å². The first-order chi connectivity index (χ1) is 9.35. The monoisotopic (exact) mass is 281 g/mol. The molecular weight excluding hydrogens is 262 g/mol. The van der Waals surface area contributed by atoms with Crippen molar-refractivity contribution in [2.75, 3.05) is 13.7 Å². The minimum atomic E-state index is -1.05. The van der Waals surface area contributed by atoms with Gasteiger partial charge in [-0.25, -0.2) is 4.79 Å². The molecule has 1 unspecified atom stereocenters. The number of aliphatic carboxylic acids is 1. The average molecular weight is 281 g/mol. The molecule has 20 heavy (non-hydrogen) atoms. The zero-order chi connectivity index (χ0) is 14.9. The zero-order valence-corrected chi connectivity index (χ0v) is 11.9. The molecule has 2 rings (SSSR count). The Balaban J connectivity index is 2.24. The van der Waals surface area contributed by atoms with Gasteiger partial charge in [-0.15, -0.1) is 0 Å². The third kappa shape index (κ3) is 2.70. The van der Waals surface area contributed by atoms with Gasteiger partial charge in [-0.2, -0.15) is 0 Å². The fourth-order valence-corrected chi connectivity index (χ4v) is 2.39. The van der Waals surface area contributed by atoms with Gasteiger partial charge in [-0.1, -0.05) is 0 Å². The van der Waals surface area contributed by atoms with E-state index in [1.54, 1.807) is 19.9 Å². The van der Waals surface area contributed by atoms with Crippen molar-refractivity contribution in [1.82, 2.24) is 4.90 Å². The van der Waals surface area contributed by atoms with Crippen molar-refractivity contribution >= 4 is 11.9 Å². The predicted molar refractivity (Wildman–Crippen MR) is 70.2 cm³/mol. The largest absolute Gasteiger partial charge is 0.479 e. The second kappa shape index (κ2) is 5.28. The maximum atomic E-state index is 12.4. The van der Waals surface area contributed by atoms with Crippen LogP contribution in [0.3, 0.4) is 0 Å². The normalized spacial score (nSPS) is 18.8. The van der Waals surface area contributed by atoms with Gasteiger partial charge in [0.1, 0.15) is 5.76 Å². The van der Waals surface area contributed by atoms with Gasteiger partial charge in [-0.05, 0) is 19.9 Å². The van der Waals surface area contributed by atoms with E-state index in [0.29, 0.717) is 24.3 Å². The molecule has 6 nitrogen and oxygen atoms in total. The Morgan fingerprint density at radius 2 is 2.25 bits per heavy atom. The van der Waals surface area contributed by atoms with Crippen molar-refractivity contribution in [2.45, 2.75) is 38.3 Å². The van der Waals surface area contributed by atoms with Crippen molar-refractivity contribution in [2.24, 2.45) is 0 Å². The van der Waals surface area contributed by atoms with Crippen molar-refractivity contribution < 1.29 is 23.8 Å². The number of ether oxygens (including phenoxy) is 1. The van der Waals surface area contributed by atoms with Gasteiger partial charge < -0.3 is 19.2 Å². The van der Waals surface area contributed by atoms with Gasteiger partial charge in [0.15, 0.2) is 6.04 Å². The highest BCUT2D eigenvalue weighted by atomic mass is 16.5. The molecule has 0 spiro atoms. The Labute approximate surface area is 117 Å². The summed E-state index contributed by atoms with van der Waals surface area (Å²) in [7, 11) is 1.53. The predicted octanol–water partition coefficient (Wildman–Crippen LogP) is 1.61. The van der Waals surface area contributed by atoms with Gasteiger partial charge in [0, 0.05) is 25.6 Å². The van der Waals surface area contributed by atoms with Crippen LogP contribution in [-0.4, -0.2) is 41.1 Å². The molecule has 1 aliphatic heterocycles. The first-order valence-corrected chi connectivity index (χ1v) is 6.49. The summed E-state index contributed by atoms with van der Waals surface area (Å²) < 4.78 is 10.5. The number of rotatable bonds is 4. The second-order valence-electron chi connectivity index (χ2n) is 5.52. The second-order valence-corrected chi connectivity index (χ2v) is 5.52. The number of nitrogens with zero attached hydrogens (tertiary/aromatic N) is 1. The number of carbonyl (C=O) groups excluding carboxylic acids is 1. The van der Waals surface area contributed by atoms with E-state index in [-0.39, 0.29) is 12.3 Å². The van der Waals surface area contributed by atoms with Crippen molar-refractivity contribution in [3.63, 3.8) is 0 Å². The van der Waals surface area contributed by atoms with Crippen molar-refractivity contribution in [1.29, 1.82) is 0 Å². The molecule has 1 aromatic rings. The lowest BCUT2D eigenvalue weighted by molar-refractivity contribution is -0.153. The van der Waals surface area contributed by atoms with E-state index in [1.165, 1.54) is 18.3 Å². The first kappa shape index (κ1) is 14.6. The molecule has 1 N–H and O–H groups in total. The lowest BCUT2D eigenvalue weighted by atomic mass is 9.97. The van der Waals surface area contributed by atoms with E-state index in [4.69, 9.17) is 9.15 Å². The topological polar surface area (TPSA) is 80.0 Å². The van der Waals surface area contributed by atoms with E-state index in [9.17, 15) is 14.7 Å². The number of methoxy groups -OCH3 is 1. The number of carboxylic acids is 1. The molecular formula is C14H19NO5. The van der Waals surface area contributed by atoms with Crippen LogP contribution in [0.1, 0.15) is 37.6 Å². The van der Waals surface area contributed by atoms with Crippen molar-refractivity contribution in [3.8, 4) is 0 Å². The lowest BCUT2D eigenvalue weighted by Gasteiger charge is -2.34. The molecule has 110 valence electrons. The number of amides is 1. The molecule has 6 heteroatoms. The van der Waals surface area contributed by atoms with Crippen LogP contribution >= 0.6 is 0 Å². The van der Waals surface area contributed by atoms with E-state index < -0.39 is 17.6 Å². The Bertz CT molecular complexity index is 519. The summed E-state index contributed by atoms with van der Waals surface area (Å²) in [6, 6.07) is 0.646. The van der Waals surface area contributed by atoms with E-state index in [0.717, 1.165) is 0 Å². The van der Waals surface area contributed by atoms with Crippen LogP contribution in [-0.2, 0) is 20.7 Å². The Morgan fingerprint density at radius 1 is 1.55 bits per heavy atom. The van der Waals surface area contributed by atoms with Gasteiger partial charge in [0.25, 0.3) is 0 Å². The van der Waals surface area contributed by atoms with Gasteiger partial charge in [0.2, 0.25) is 5.91 Å². The molecule has 0 saturated heterocycles. The van der Waals surface area contributed by atoms with Crippen LogP contribution in [0.15, 0.2) is 16.7 Å². The molecule has 0 aromatic carbocycles. The first-order valence-electron chi connectivity index (χ1n) is 6.49. The maximum Gasteiger partial charge on any atom is 0.331 e. The molecule has 1 amide bonds. The molecule has 0 fully saturated rings. The summed E-state index contributed by atoms with van der Waals surface area (Å²) in [4.78, 5) is 25.3. The third-order valence-electron chi connectivity index (χ3n) is 3.65. The van der Waals surface area contributed by atoms with Crippen molar-refractivity contribution in [3.05, 3.63) is 23.7 Å². The third-order valence-corrected chi connectivity index (χ3v) is 3.65. The fraction of sp³-hybridized carbons (Fsp3) is 0.571. The van der Waals surface area contributed by atoms with Crippen LogP contribution < -0.4 is 0 Å². The smallest absolute Gasteiger partial charge is 0.331 e. The Hall–Kier alpha value is -1.82. The lowest BCUT2D eigenvalue weighted by Crippen LogP contribution is -2.45. The highest BCUT2D eigenvalue weighted by molar-refractivity contribution is 5.85. The Morgan fingerprint density at radius 3 is 2.85 bits per heavy atom. The molecule has 2 heterocycles. The summed E-state index contributed by atoms with van der Waals surface area (Å²) in [6.45, 7) is 3.94. The molecule has 1 aromatic heterocycles. The number of hydrogen-bond donors (Lipinski definition) is 1. The van der Waals surface area contributed by atoms with Crippen LogP contribution in [0.5, 0.6) is 0 Å². The minimum Gasteiger partial charge on any atom is -0.479 e. The number of carbonyl (C=O) groups is 2. The number of fused-ring (bicyclic) bond motifs is 1.